The highest BCUT2D eigenvalue weighted by molar-refractivity contribution is 5.56. The van der Waals surface area contributed by atoms with Crippen molar-refractivity contribution < 1.29 is 49.3 Å². The fourth-order valence-electron chi connectivity index (χ4n) is 6.97. The van der Waals surface area contributed by atoms with Gasteiger partial charge >= 0.3 is 12.4 Å². The molecule has 394 valence electrons. The van der Waals surface area contributed by atoms with Gasteiger partial charge in [0.2, 0.25) is 11.6 Å². The molecule has 6 aromatic heterocycles. The van der Waals surface area contributed by atoms with Crippen LogP contribution in [0.5, 0.6) is 17.2 Å². The molecule has 0 aliphatic heterocycles. The number of aromatic nitrogens is 12. The Kier molecular flexibility index (Phi) is 15.2. The normalized spacial score (nSPS) is 11.8. The van der Waals surface area contributed by atoms with Crippen molar-refractivity contribution >= 4 is 17.3 Å². The monoisotopic (exact) mass is 1060 g/mol. The highest BCUT2D eigenvalue weighted by atomic mass is 19.4. The first-order valence-electron chi connectivity index (χ1n) is 22.7. The molecule has 0 aliphatic rings. The van der Waals surface area contributed by atoms with Gasteiger partial charge in [0, 0.05) is 36.2 Å². The number of fused-ring (bicyclic) bond motifs is 3. The third-order valence-corrected chi connectivity index (χ3v) is 11.0. The summed E-state index contributed by atoms with van der Waals surface area (Å²) in [5.74, 6) is -4.15. The van der Waals surface area contributed by atoms with Crippen LogP contribution >= 0.6 is 0 Å². The summed E-state index contributed by atoms with van der Waals surface area (Å²) in [4.78, 5) is 59.2. The fourth-order valence-corrected chi connectivity index (χ4v) is 6.97. The quantitative estimate of drug-likeness (QED) is 0.0978. The highest BCUT2D eigenvalue weighted by Gasteiger charge is 2.36. The predicted octanol–water partition coefficient (Wildman–Crippen LogP) is 8.99. The minimum Gasteiger partial charge on any atom is -0.487 e. The van der Waals surface area contributed by atoms with Crippen LogP contribution in [0.3, 0.4) is 0 Å². The Hall–Kier alpha value is -9.23. The van der Waals surface area contributed by atoms with E-state index in [1.54, 1.807) is 6.07 Å². The number of rotatable bonds is 12. The number of nitrogens with one attached hydrogen (secondary N) is 3. The molecule has 10 aromatic rings. The first kappa shape index (κ1) is 53.1. The Balaban J connectivity index is 0.000000151. The lowest BCUT2D eigenvalue weighted by Crippen LogP contribution is -2.17. The number of aromatic amines is 3. The Labute approximate surface area is 422 Å². The summed E-state index contributed by atoms with van der Waals surface area (Å²) in [5, 5.41) is 6.68. The molecule has 0 aliphatic carbocycles. The van der Waals surface area contributed by atoms with Crippen molar-refractivity contribution in [1.82, 2.24) is 58.7 Å². The smallest absolute Gasteiger partial charge is 0.451 e. The SMILES string of the molecule is CC(F)(F)c1cccc(OCc2cc(=O)n3[nH]c(C(F)(F)F)nc3n2)c1.CCc1cccc(OCc2cc(=O)n3[nH]c(-c4ccccc4)nc3n2)c1.Cc1ccc(OCc2cc(=O)n3[nH]c(C(F)(F)F)nc3n2)cc1C. The number of aryl methyl sites for hydroxylation is 3. The van der Waals surface area contributed by atoms with E-state index in [9.17, 15) is 49.5 Å². The largest absolute Gasteiger partial charge is 0.487 e. The summed E-state index contributed by atoms with van der Waals surface area (Å²) < 4.78 is 122. The molecule has 6 heterocycles. The molecule has 0 saturated heterocycles. The van der Waals surface area contributed by atoms with E-state index >= 15 is 0 Å². The van der Waals surface area contributed by atoms with Crippen LogP contribution in [0.15, 0.2) is 130 Å². The number of H-pyrrole nitrogens is 3. The zero-order valence-corrected chi connectivity index (χ0v) is 40.3. The molecular formula is C50H42F8N12O6. The van der Waals surface area contributed by atoms with Gasteiger partial charge in [-0.25, -0.2) is 23.7 Å². The number of nitrogens with zero attached hydrogens (tertiary/aromatic N) is 9. The van der Waals surface area contributed by atoms with Crippen molar-refractivity contribution in [2.75, 3.05) is 0 Å². The van der Waals surface area contributed by atoms with E-state index in [-0.39, 0.29) is 53.9 Å². The van der Waals surface area contributed by atoms with Gasteiger partial charge in [-0.15, -0.1) is 0 Å². The van der Waals surface area contributed by atoms with Crippen molar-refractivity contribution in [3.63, 3.8) is 0 Å². The molecule has 4 aromatic carbocycles. The van der Waals surface area contributed by atoms with E-state index in [0.29, 0.717) is 32.1 Å². The van der Waals surface area contributed by atoms with Crippen molar-refractivity contribution in [2.24, 2.45) is 0 Å². The molecule has 0 unspecified atom stereocenters. The third kappa shape index (κ3) is 12.9. The standard InChI is InChI=1S/C20H18N4O2.C15H11F5N4O2.C15H13F3N4O2/c1-2-14-7-6-10-17(11-14)26-13-16-12-18(25)24-20(21-16)22-19(23-24)15-8-4-3-5-9-15;1-14(16,17)8-3-2-4-10(5-8)26-7-9-6-11(25)24-13(21-9)22-12(23-24)15(18,19)20;1-8-3-4-11(5-9(8)2)24-7-10-6-12(23)22-14(19-10)20-13(21-22)15(16,17)18/h3-12H,2,13H2,1H3,(H,21,22,23);2-6H,7H2,1H3,(H,21,22,23);3-6H,7H2,1-2H3,(H,19,20,21). The predicted molar refractivity (Wildman–Crippen MR) is 257 cm³/mol. The van der Waals surface area contributed by atoms with Gasteiger partial charge < -0.3 is 14.2 Å². The van der Waals surface area contributed by atoms with E-state index < -0.39 is 46.8 Å². The van der Waals surface area contributed by atoms with Gasteiger partial charge in [0.15, 0.2) is 5.82 Å². The van der Waals surface area contributed by atoms with Gasteiger partial charge in [0.05, 0.1) is 17.1 Å². The molecule has 0 amide bonds. The molecule has 0 bridgehead atoms. The molecule has 76 heavy (non-hydrogen) atoms. The van der Waals surface area contributed by atoms with Crippen LogP contribution in [0.2, 0.25) is 0 Å². The number of halogens is 8. The van der Waals surface area contributed by atoms with Crippen LogP contribution in [0.4, 0.5) is 35.1 Å². The van der Waals surface area contributed by atoms with Crippen molar-refractivity contribution in [2.45, 2.75) is 72.2 Å². The molecule has 0 atom stereocenters. The van der Waals surface area contributed by atoms with Gasteiger partial charge in [-0.05, 0) is 73.4 Å². The lowest BCUT2D eigenvalue weighted by atomic mass is 10.1. The van der Waals surface area contributed by atoms with E-state index in [1.807, 2.05) is 84.7 Å². The second-order valence-electron chi connectivity index (χ2n) is 16.8. The number of ether oxygens (including phenoxy) is 3. The summed E-state index contributed by atoms with van der Waals surface area (Å²) in [6, 6.07) is 31.7. The summed E-state index contributed by atoms with van der Waals surface area (Å²) in [6.45, 7) is 6.58. The Bertz CT molecular complexity index is 3860. The van der Waals surface area contributed by atoms with Gasteiger partial charge in [0.25, 0.3) is 39.9 Å². The molecule has 10 rings (SSSR count). The van der Waals surface area contributed by atoms with Crippen LogP contribution in [0.25, 0.3) is 28.7 Å². The Morgan fingerprint density at radius 2 is 0.947 bits per heavy atom. The molecule has 0 fully saturated rings. The highest BCUT2D eigenvalue weighted by Crippen LogP contribution is 2.30. The molecule has 3 N–H and O–H groups in total. The zero-order chi connectivity index (χ0) is 54.5. The molecular weight excluding hydrogens is 1020 g/mol. The summed E-state index contributed by atoms with van der Waals surface area (Å²) in [6.07, 6.45) is -8.50. The van der Waals surface area contributed by atoms with Crippen molar-refractivity contribution in [1.29, 1.82) is 0 Å². The third-order valence-electron chi connectivity index (χ3n) is 11.0. The van der Waals surface area contributed by atoms with Crippen LogP contribution in [-0.4, -0.2) is 58.7 Å². The van der Waals surface area contributed by atoms with Gasteiger partial charge in [-0.3, -0.25) is 29.7 Å². The number of hydrogen-bond donors (Lipinski definition) is 3. The molecule has 26 heteroatoms. The summed E-state index contributed by atoms with van der Waals surface area (Å²) in [7, 11) is 0. The van der Waals surface area contributed by atoms with Crippen LogP contribution < -0.4 is 30.9 Å². The molecule has 18 nitrogen and oxygen atoms in total. The van der Waals surface area contributed by atoms with Crippen LogP contribution in [0.1, 0.15) is 64.8 Å². The minimum absolute atomic E-state index is 0.00360. The zero-order valence-electron chi connectivity index (χ0n) is 40.3. The lowest BCUT2D eigenvalue weighted by Gasteiger charge is -2.12. The minimum atomic E-state index is -4.76. The van der Waals surface area contributed by atoms with E-state index in [1.165, 1.54) is 34.3 Å². The van der Waals surface area contributed by atoms with Gasteiger partial charge in [0.1, 0.15) is 37.1 Å². The number of alkyl halides is 8. The van der Waals surface area contributed by atoms with E-state index in [0.717, 1.165) is 54.0 Å². The summed E-state index contributed by atoms with van der Waals surface area (Å²) >= 11 is 0. The molecule has 0 spiro atoms. The lowest BCUT2D eigenvalue weighted by molar-refractivity contribution is -0.145. The van der Waals surface area contributed by atoms with Crippen LogP contribution in [0, 0.1) is 13.8 Å². The first-order valence-corrected chi connectivity index (χ1v) is 22.7. The first-order chi connectivity index (χ1) is 36.0. The van der Waals surface area contributed by atoms with E-state index in [2.05, 4.69) is 48.0 Å². The van der Waals surface area contributed by atoms with Crippen molar-refractivity contribution in [3.05, 3.63) is 197 Å². The maximum Gasteiger partial charge on any atom is 0.451 e. The average molecular weight is 1060 g/mol. The van der Waals surface area contributed by atoms with Gasteiger partial charge in [-0.1, -0.05) is 67.6 Å². The average Bonchev–Trinajstić information content (AvgIpc) is 4.15. The fraction of sp³-hybridized carbons (Fsp3) is 0.220. The second kappa shape index (κ2) is 21.7. The Morgan fingerprint density at radius 3 is 1.42 bits per heavy atom. The number of benzene rings is 4. The van der Waals surface area contributed by atoms with Gasteiger partial charge in [-0.2, -0.15) is 54.8 Å². The second-order valence-corrected chi connectivity index (χ2v) is 16.8. The maximum absolute atomic E-state index is 13.3. The maximum atomic E-state index is 13.3. The number of hydrogen-bond acceptors (Lipinski definition) is 12. The Morgan fingerprint density at radius 1 is 0.487 bits per heavy atom. The van der Waals surface area contributed by atoms with Crippen molar-refractivity contribution in [3.8, 4) is 28.6 Å². The summed E-state index contributed by atoms with van der Waals surface area (Å²) in [5.41, 5.74) is 3.00. The topological polar surface area (TPSA) is 217 Å². The molecule has 0 radical (unpaired) electrons. The van der Waals surface area contributed by atoms with E-state index in [4.69, 9.17) is 14.2 Å². The molecule has 0 saturated carbocycles. The van der Waals surface area contributed by atoms with Crippen LogP contribution in [-0.2, 0) is 44.5 Å².